The molecule has 2 saturated carbocycles. The van der Waals surface area contributed by atoms with Crippen molar-refractivity contribution < 1.29 is 22.5 Å². The van der Waals surface area contributed by atoms with Gasteiger partial charge in [-0.15, -0.1) is 0 Å². The summed E-state index contributed by atoms with van der Waals surface area (Å²) >= 11 is 0. The number of rotatable bonds is 4. The monoisotopic (exact) mass is 454 g/mol. The largest absolute Gasteiger partial charge is 0.417 e. The zero-order valence-corrected chi connectivity index (χ0v) is 17.8. The number of hydrogen-bond donors (Lipinski definition) is 1. The van der Waals surface area contributed by atoms with Crippen LogP contribution in [0, 0.1) is 18.3 Å². The van der Waals surface area contributed by atoms with Crippen LogP contribution >= 0.6 is 0 Å². The molecule has 0 radical (unpaired) electrons. The number of carbonyl (C=O) groups excluding carboxylic acids is 1. The Bertz CT molecular complexity index is 1240. The lowest BCUT2D eigenvalue weighted by molar-refractivity contribution is -0.137. The Labute approximate surface area is 187 Å². The minimum atomic E-state index is -4.42. The SMILES string of the molecule is Cc1cc(-c2ccccc2C(=O)N2CC3CC34CC(Nc3ccc(C(F)(F)F)cn3)C24)no1. The molecule has 33 heavy (non-hydrogen) atoms. The van der Waals surface area contributed by atoms with Gasteiger partial charge >= 0.3 is 6.18 Å². The number of carbonyl (C=O) groups is 1. The normalized spacial score (nSPS) is 27.5. The summed E-state index contributed by atoms with van der Waals surface area (Å²) in [6.45, 7) is 2.49. The van der Waals surface area contributed by atoms with Crippen LogP contribution in [-0.4, -0.2) is 39.6 Å². The fourth-order valence-corrected chi connectivity index (χ4v) is 5.74. The molecule has 2 aromatic heterocycles. The van der Waals surface area contributed by atoms with Crippen LogP contribution < -0.4 is 5.32 Å². The lowest BCUT2D eigenvalue weighted by atomic mass is 9.71. The average molecular weight is 454 g/mol. The van der Waals surface area contributed by atoms with Crippen LogP contribution in [0.1, 0.15) is 34.5 Å². The number of likely N-dealkylation sites (tertiary alicyclic amines) is 1. The van der Waals surface area contributed by atoms with E-state index in [2.05, 4.69) is 15.5 Å². The zero-order valence-electron chi connectivity index (χ0n) is 17.8. The Balaban J connectivity index is 1.24. The molecule has 1 spiro atoms. The molecule has 9 heteroatoms. The second-order valence-electron chi connectivity index (χ2n) is 9.29. The topological polar surface area (TPSA) is 71.3 Å². The predicted molar refractivity (Wildman–Crippen MR) is 113 cm³/mol. The van der Waals surface area contributed by atoms with Gasteiger partial charge in [0.05, 0.1) is 11.6 Å². The van der Waals surface area contributed by atoms with Crippen molar-refractivity contribution in [3.05, 3.63) is 65.5 Å². The number of nitrogens with zero attached hydrogens (tertiary/aromatic N) is 3. The first kappa shape index (κ1) is 20.3. The van der Waals surface area contributed by atoms with Crippen LogP contribution in [0.2, 0.25) is 0 Å². The maximum atomic E-state index is 13.7. The fraction of sp³-hybridized carbons (Fsp3) is 0.375. The highest BCUT2D eigenvalue weighted by atomic mass is 19.4. The lowest BCUT2D eigenvalue weighted by Gasteiger charge is -2.48. The number of amides is 1. The predicted octanol–water partition coefficient (Wildman–Crippen LogP) is 4.78. The highest BCUT2D eigenvalue weighted by molar-refractivity contribution is 6.01. The van der Waals surface area contributed by atoms with Crippen molar-refractivity contribution in [2.24, 2.45) is 11.3 Å². The molecule has 170 valence electrons. The van der Waals surface area contributed by atoms with Crippen LogP contribution in [0.5, 0.6) is 0 Å². The standard InChI is InChI=1S/C24H21F3N4O2/c1-13-8-18(30-33-13)16-4-2-3-5-17(16)22(32)31-12-15-9-23(15)10-19(21(23)31)29-20-7-6-14(11-28-20)24(25,26)27/h2-8,11,15,19,21H,9-10,12H2,1H3,(H,28,29). The van der Waals surface area contributed by atoms with Crippen molar-refractivity contribution in [1.29, 1.82) is 0 Å². The van der Waals surface area contributed by atoms with Crippen molar-refractivity contribution in [3.8, 4) is 11.3 Å². The smallest absolute Gasteiger partial charge is 0.365 e. The number of piperidine rings is 1. The molecule has 1 saturated heterocycles. The Hall–Kier alpha value is -3.36. The quantitative estimate of drug-likeness (QED) is 0.615. The molecule has 4 atom stereocenters. The first-order valence-electron chi connectivity index (χ1n) is 10.9. The number of aromatic nitrogens is 2. The summed E-state index contributed by atoms with van der Waals surface area (Å²) in [6, 6.07) is 11.5. The molecule has 3 heterocycles. The van der Waals surface area contributed by atoms with Gasteiger partial charge in [-0.1, -0.05) is 23.4 Å². The van der Waals surface area contributed by atoms with Crippen molar-refractivity contribution in [1.82, 2.24) is 15.0 Å². The van der Waals surface area contributed by atoms with Crippen molar-refractivity contribution >= 4 is 11.7 Å². The van der Waals surface area contributed by atoms with E-state index >= 15 is 0 Å². The number of anilines is 1. The van der Waals surface area contributed by atoms with E-state index < -0.39 is 11.7 Å². The van der Waals surface area contributed by atoms with Crippen LogP contribution in [0.15, 0.2) is 53.2 Å². The van der Waals surface area contributed by atoms with Crippen molar-refractivity contribution in [3.63, 3.8) is 0 Å². The van der Waals surface area contributed by atoms with Crippen LogP contribution in [0.3, 0.4) is 0 Å². The van der Waals surface area contributed by atoms with E-state index in [1.54, 1.807) is 19.1 Å². The second-order valence-corrected chi connectivity index (χ2v) is 9.29. The summed E-state index contributed by atoms with van der Waals surface area (Å²) in [7, 11) is 0. The van der Waals surface area contributed by atoms with Gasteiger partial charge in [-0.05, 0) is 49.3 Å². The van der Waals surface area contributed by atoms with Gasteiger partial charge < -0.3 is 14.7 Å². The molecule has 6 rings (SSSR count). The van der Waals surface area contributed by atoms with E-state index in [1.165, 1.54) is 6.07 Å². The Morgan fingerprint density at radius 2 is 2.03 bits per heavy atom. The van der Waals surface area contributed by atoms with Crippen LogP contribution in [0.4, 0.5) is 19.0 Å². The molecule has 1 N–H and O–H groups in total. The van der Waals surface area contributed by atoms with Gasteiger partial charge in [0.25, 0.3) is 5.91 Å². The third-order valence-electron chi connectivity index (χ3n) is 7.35. The molecule has 3 fully saturated rings. The Morgan fingerprint density at radius 3 is 2.73 bits per heavy atom. The number of alkyl halides is 3. The third-order valence-corrected chi connectivity index (χ3v) is 7.35. The molecule has 4 unspecified atom stereocenters. The number of halogens is 3. The Morgan fingerprint density at radius 1 is 1.21 bits per heavy atom. The Kier molecular flexibility index (Phi) is 4.19. The molecular formula is C24H21F3N4O2. The number of aryl methyl sites for hydroxylation is 1. The fourth-order valence-electron chi connectivity index (χ4n) is 5.74. The second kappa shape index (κ2) is 6.82. The van der Waals surface area contributed by atoms with Gasteiger partial charge in [0.2, 0.25) is 0 Å². The molecule has 6 nitrogen and oxygen atoms in total. The van der Waals surface area contributed by atoms with Gasteiger partial charge in [0.1, 0.15) is 17.3 Å². The van der Waals surface area contributed by atoms with E-state index in [0.29, 0.717) is 35.3 Å². The summed E-state index contributed by atoms with van der Waals surface area (Å²) in [4.78, 5) is 19.5. The van der Waals surface area contributed by atoms with Crippen molar-refractivity contribution in [2.75, 3.05) is 11.9 Å². The maximum absolute atomic E-state index is 13.7. The number of pyridine rings is 1. The average Bonchev–Trinajstić information content (AvgIpc) is 3.22. The number of hydrogen-bond acceptors (Lipinski definition) is 5. The van der Waals surface area contributed by atoms with Gasteiger partial charge in [-0.25, -0.2) is 4.98 Å². The van der Waals surface area contributed by atoms with E-state index in [1.807, 2.05) is 23.1 Å². The minimum Gasteiger partial charge on any atom is -0.365 e. The highest BCUT2D eigenvalue weighted by Gasteiger charge is 2.75. The molecule has 1 aliphatic heterocycles. The molecule has 2 aliphatic carbocycles. The lowest BCUT2D eigenvalue weighted by Crippen LogP contribution is -2.60. The summed E-state index contributed by atoms with van der Waals surface area (Å²) in [5.41, 5.74) is 1.26. The number of nitrogens with one attached hydrogen (secondary N) is 1. The molecule has 1 amide bonds. The molecule has 3 aliphatic rings. The summed E-state index contributed by atoms with van der Waals surface area (Å²) < 4.78 is 43.7. The highest BCUT2D eigenvalue weighted by Crippen LogP contribution is 2.71. The summed E-state index contributed by atoms with van der Waals surface area (Å²) in [6.07, 6.45) is -1.61. The van der Waals surface area contributed by atoms with Crippen LogP contribution in [0.25, 0.3) is 11.3 Å². The van der Waals surface area contributed by atoms with E-state index in [9.17, 15) is 18.0 Å². The van der Waals surface area contributed by atoms with Gasteiger partial charge in [-0.2, -0.15) is 13.2 Å². The zero-order chi connectivity index (χ0) is 23.0. The molecule has 0 bridgehead atoms. The van der Waals surface area contributed by atoms with Gasteiger partial charge in [0, 0.05) is 36.0 Å². The maximum Gasteiger partial charge on any atom is 0.417 e. The summed E-state index contributed by atoms with van der Waals surface area (Å²) in [5, 5.41) is 7.34. The first-order valence-corrected chi connectivity index (χ1v) is 10.9. The molecular weight excluding hydrogens is 433 g/mol. The molecule has 1 aromatic carbocycles. The van der Waals surface area contributed by atoms with Crippen LogP contribution in [-0.2, 0) is 6.18 Å². The van der Waals surface area contributed by atoms with E-state index in [0.717, 1.165) is 30.7 Å². The third kappa shape index (κ3) is 3.13. The van der Waals surface area contributed by atoms with Crippen molar-refractivity contribution in [2.45, 2.75) is 38.0 Å². The van der Waals surface area contributed by atoms with E-state index in [4.69, 9.17) is 4.52 Å². The summed E-state index contributed by atoms with van der Waals surface area (Å²) in [5.74, 6) is 1.47. The van der Waals surface area contributed by atoms with Gasteiger partial charge in [-0.3, -0.25) is 4.79 Å². The van der Waals surface area contributed by atoms with E-state index in [-0.39, 0.29) is 23.4 Å². The molecule has 3 aromatic rings. The minimum absolute atomic E-state index is 0.00815. The first-order chi connectivity index (χ1) is 15.8. The van der Waals surface area contributed by atoms with Gasteiger partial charge in [0.15, 0.2) is 0 Å². The number of benzene rings is 1.